The molecular formula is C14H22N2O. The Hall–Kier alpha value is -1.22. The molecule has 1 fully saturated rings. The zero-order chi connectivity index (χ0) is 12.3. The molecule has 0 atom stereocenters. The predicted molar refractivity (Wildman–Crippen MR) is 70.8 cm³/mol. The fourth-order valence-electron chi connectivity index (χ4n) is 2.19. The number of phenols is 1. The average molecular weight is 234 g/mol. The lowest BCUT2D eigenvalue weighted by Gasteiger charge is -2.22. The van der Waals surface area contributed by atoms with Crippen molar-refractivity contribution in [3.8, 4) is 5.75 Å². The van der Waals surface area contributed by atoms with Crippen molar-refractivity contribution in [2.45, 2.75) is 32.7 Å². The Morgan fingerprint density at radius 2 is 2.18 bits per heavy atom. The molecule has 1 aromatic carbocycles. The summed E-state index contributed by atoms with van der Waals surface area (Å²) in [6.45, 7) is 5.24. The summed E-state index contributed by atoms with van der Waals surface area (Å²) >= 11 is 0. The fourth-order valence-corrected chi connectivity index (χ4v) is 2.19. The third-order valence-corrected chi connectivity index (χ3v) is 3.25. The highest BCUT2D eigenvalue weighted by Crippen LogP contribution is 2.31. The van der Waals surface area contributed by atoms with E-state index < -0.39 is 0 Å². The molecule has 2 rings (SSSR count). The number of nitrogen functional groups attached to an aromatic ring is 1. The topological polar surface area (TPSA) is 49.5 Å². The van der Waals surface area contributed by atoms with Crippen LogP contribution >= 0.6 is 0 Å². The van der Waals surface area contributed by atoms with Crippen molar-refractivity contribution in [1.29, 1.82) is 0 Å². The Kier molecular flexibility index (Phi) is 3.89. The van der Waals surface area contributed by atoms with E-state index in [0.717, 1.165) is 43.2 Å². The number of nitrogens with zero attached hydrogens (tertiary/aromatic N) is 1. The van der Waals surface area contributed by atoms with Gasteiger partial charge in [0.2, 0.25) is 0 Å². The van der Waals surface area contributed by atoms with Crippen LogP contribution in [0, 0.1) is 5.92 Å². The molecular weight excluding hydrogens is 212 g/mol. The number of aromatic hydroxyl groups is 1. The molecule has 17 heavy (non-hydrogen) atoms. The molecule has 94 valence electrons. The number of nitrogens with two attached hydrogens (primary N) is 1. The van der Waals surface area contributed by atoms with E-state index in [9.17, 15) is 5.11 Å². The molecule has 0 aliphatic heterocycles. The molecule has 3 nitrogen and oxygen atoms in total. The van der Waals surface area contributed by atoms with Crippen molar-refractivity contribution in [2.24, 2.45) is 5.92 Å². The Morgan fingerprint density at radius 3 is 2.82 bits per heavy atom. The SMILES string of the molecule is CCCN(Cc1cc(N)ccc1O)CC1CC1. The number of hydrogen-bond acceptors (Lipinski definition) is 3. The molecule has 0 saturated heterocycles. The second-order valence-corrected chi connectivity index (χ2v) is 5.07. The summed E-state index contributed by atoms with van der Waals surface area (Å²) in [5.74, 6) is 1.24. The van der Waals surface area contributed by atoms with Crippen LogP contribution in [0.2, 0.25) is 0 Å². The maximum absolute atomic E-state index is 9.82. The van der Waals surface area contributed by atoms with Crippen molar-refractivity contribution >= 4 is 5.69 Å². The molecule has 3 heteroatoms. The Balaban J connectivity index is 2.01. The van der Waals surface area contributed by atoms with Gasteiger partial charge in [-0.05, 0) is 49.9 Å². The van der Waals surface area contributed by atoms with Gasteiger partial charge in [0.15, 0.2) is 0 Å². The Bertz CT molecular complexity index is 374. The summed E-state index contributed by atoms with van der Waals surface area (Å²) in [4.78, 5) is 2.42. The van der Waals surface area contributed by atoms with Gasteiger partial charge in [-0.25, -0.2) is 0 Å². The van der Waals surface area contributed by atoms with Crippen LogP contribution in [0.1, 0.15) is 31.7 Å². The fraction of sp³-hybridized carbons (Fsp3) is 0.571. The predicted octanol–water partition coefficient (Wildman–Crippen LogP) is 2.60. The van der Waals surface area contributed by atoms with E-state index in [4.69, 9.17) is 5.73 Å². The van der Waals surface area contributed by atoms with Crippen LogP contribution in [0.25, 0.3) is 0 Å². The van der Waals surface area contributed by atoms with E-state index in [-0.39, 0.29) is 0 Å². The van der Waals surface area contributed by atoms with Gasteiger partial charge < -0.3 is 10.8 Å². The van der Waals surface area contributed by atoms with Gasteiger partial charge in [-0.1, -0.05) is 6.92 Å². The number of benzene rings is 1. The molecule has 0 radical (unpaired) electrons. The van der Waals surface area contributed by atoms with E-state index in [1.54, 1.807) is 12.1 Å². The van der Waals surface area contributed by atoms with Crippen LogP contribution in [0.4, 0.5) is 5.69 Å². The zero-order valence-electron chi connectivity index (χ0n) is 10.5. The van der Waals surface area contributed by atoms with Crippen LogP contribution in [0.15, 0.2) is 18.2 Å². The Morgan fingerprint density at radius 1 is 1.41 bits per heavy atom. The number of rotatable bonds is 6. The van der Waals surface area contributed by atoms with Crippen LogP contribution in [-0.2, 0) is 6.54 Å². The number of hydrogen-bond donors (Lipinski definition) is 2. The standard InChI is InChI=1S/C14H22N2O/c1-2-7-16(9-11-3-4-11)10-12-8-13(15)5-6-14(12)17/h5-6,8,11,17H,2-4,7,9-10,15H2,1H3. The number of anilines is 1. The second kappa shape index (κ2) is 5.41. The van der Waals surface area contributed by atoms with Gasteiger partial charge in [0.05, 0.1) is 0 Å². The lowest BCUT2D eigenvalue weighted by Crippen LogP contribution is -2.26. The van der Waals surface area contributed by atoms with E-state index in [0.29, 0.717) is 5.75 Å². The molecule has 1 aliphatic rings. The normalized spacial score (nSPS) is 15.4. The molecule has 0 bridgehead atoms. The minimum absolute atomic E-state index is 0.357. The molecule has 0 unspecified atom stereocenters. The van der Waals surface area contributed by atoms with Gasteiger partial charge in [0.1, 0.15) is 5.75 Å². The molecule has 1 aliphatic carbocycles. The zero-order valence-corrected chi connectivity index (χ0v) is 10.5. The lowest BCUT2D eigenvalue weighted by molar-refractivity contribution is 0.252. The van der Waals surface area contributed by atoms with Gasteiger partial charge in [-0.15, -0.1) is 0 Å². The van der Waals surface area contributed by atoms with Crippen LogP contribution in [0.3, 0.4) is 0 Å². The molecule has 1 saturated carbocycles. The summed E-state index contributed by atoms with van der Waals surface area (Å²) < 4.78 is 0. The molecule has 3 N–H and O–H groups in total. The summed E-state index contributed by atoms with van der Waals surface area (Å²) in [6, 6.07) is 5.31. The third kappa shape index (κ3) is 3.63. The molecule has 0 spiro atoms. The van der Waals surface area contributed by atoms with E-state index in [2.05, 4.69) is 11.8 Å². The summed E-state index contributed by atoms with van der Waals surface area (Å²) in [6.07, 6.45) is 3.88. The minimum Gasteiger partial charge on any atom is -0.508 e. The highest BCUT2D eigenvalue weighted by Gasteiger charge is 2.24. The van der Waals surface area contributed by atoms with Crippen LogP contribution in [-0.4, -0.2) is 23.1 Å². The highest BCUT2D eigenvalue weighted by atomic mass is 16.3. The van der Waals surface area contributed by atoms with E-state index in [1.807, 2.05) is 6.07 Å². The quantitative estimate of drug-likeness (QED) is 0.587. The van der Waals surface area contributed by atoms with Gasteiger partial charge in [0, 0.05) is 24.3 Å². The first-order chi connectivity index (χ1) is 8.19. The molecule has 1 aromatic rings. The van der Waals surface area contributed by atoms with Crippen LogP contribution in [0.5, 0.6) is 5.75 Å². The smallest absolute Gasteiger partial charge is 0.120 e. The van der Waals surface area contributed by atoms with Crippen molar-refractivity contribution in [3.63, 3.8) is 0 Å². The minimum atomic E-state index is 0.357. The van der Waals surface area contributed by atoms with Gasteiger partial charge >= 0.3 is 0 Å². The highest BCUT2D eigenvalue weighted by molar-refractivity contribution is 5.47. The largest absolute Gasteiger partial charge is 0.508 e. The molecule has 0 amide bonds. The van der Waals surface area contributed by atoms with Crippen molar-refractivity contribution < 1.29 is 5.11 Å². The van der Waals surface area contributed by atoms with Gasteiger partial charge in [0.25, 0.3) is 0 Å². The first-order valence-corrected chi connectivity index (χ1v) is 6.48. The van der Waals surface area contributed by atoms with Crippen LogP contribution < -0.4 is 5.73 Å². The number of phenolic OH excluding ortho intramolecular Hbond substituents is 1. The third-order valence-electron chi connectivity index (χ3n) is 3.25. The summed E-state index contributed by atoms with van der Waals surface area (Å²) in [7, 11) is 0. The van der Waals surface area contributed by atoms with Gasteiger partial charge in [-0.2, -0.15) is 0 Å². The van der Waals surface area contributed by atoms with Crippen molar-refractivity contribution in [2.75, 3.05) is 18.8 Å². The van der Waals surface area contributed by atoms with Gasteiger partial charge in [-0.3, -0.25) is 4.90 Å². The molecule has 0 aromatic heterocycles. The van der Waals surface area contributed by atoms with Crippen molar-refractivity contribution in [1.82, 2.24) is 4.90 Å². The van der Waals surface area contributed by atoms with E-state index >= 15 is 0 Å². The Labute approximate surface area is 103 Å². The first-order valence-electron chi connectivity index (χ1n) is 6.48. The first kappa shape index (κ1) is 12.2. The monoisotopic (exact) mass is 234 g/mol. The molecule has 0 heterocycles. The average Bonchev–Trinajstić information content (AvgIpc) is 3.08. The lowest BCUT2D eigenvalue weighted by atomic mass is 10.1. The maximum atomic E-state index is 9.82. The van der Waals surface area contributed by atoms with Crippen molar-refractivity contribution in [3.05, 3.63) is 23.8 Å². The second-order valence-electron chi connectivity index (χ2n) is 5.07. The van der Waals surface area contributed by atoms with E-state index in [1.165, 1.54) is 12.8 Å². The maximum Gasteiger partial charge on any atom is 0.120 e. The summed E-state index contributed by atoms with van der Waals surface area (Å²) in [5.41, 5.74) is 7.43. The summed E-state index contributed by atoms with van der Waals surface area (Å²) in [5, 5.41) is 9.82.